The highest BCUT2D eigenvalue weighted by molar-refractivity contribution is 5.84. The zero-order chi connectivity index (χ0) is 21.2. The smallest absolute Gasteiger partial charge is 0.250 e. The van der Waals surface area contributed by atoms with Crippen LogP contribution in [0.15, 0.2) is 0 Å². The Bertz CT molecular complexity index is 372. The summed E-state index contributed by atoms with van der Waals surface area (Å²) >= 11 is 0. The third-order valence-corrected chi connectivity index (χ3v) is 4.21. The minimum Gasteiger partial charge on any atom is -0.299 e. The molecule has 0 radical (unpaired) electrons. The molecule has 1 aliphatic carbocycles. The van der Waals surface area contributed by atoms with Gasteiger partial charge in [-0.1, -0.05) is 69.2 Å². The lowest BCUT2D eigenvalue weighted by atomic mass is 9.96. The Morgan fingerprint density at radius 3 is 1.27 bits per heavy atom. The van der Waals surface area contributed by atoms with Crippen LogP contribution in [-0.2, 0) is 9.59 Å². The summed E-state index contributed by atoms with van der Waals surface area (Å²) in [5, 5.41) is 0. The Hall–Kier alpha value is -0.800. The van der Waals surface area contributed by atoms with Crippen molar-refractivity contribution in [1.29, 1.82) is 0 Å². The summed E-state index contributed by atoms with van der Waals surface area (Å²) in [4.78, 5) is 21.7. The summed E-state index contributed by atoms with van der Waals surface area (Å²) in [6.45, 7) is 18.4. The molecule has 0 aromatic heterocycles. The lowest BCUT2D eigenvalue weighted by Gasteiger charge is -2.21. The first-order valence-electron chi connectivity index (χ1n) is 10.1. The van der Waals surface area contributed by atoms with Gasteiger partial charge in [0.1, 0.15) is 11.6 Å². The molecule has 0 saturated heterocycles. The average molecular weight is 377 g/mol. The normalized spacial score (nSPS) is 14.3. The van der Waals surface area contributed by atoms with Gasteiger partial charge < -0.3 is 0 Å². The molecule has 0 bridgehead atoms. The van der Waals surface area contributed by atoms with Crippen LogP contribution in [0.2, 0.25) is 0 Å². The number of Topliss-reactive ketones (excluding diaryl/α,β-unsaturated/α-hetero) is 2. The molecular weight excluding hydrogens is 334 g/mol. The molecule has 0 atom stereocenters. The standard InChI is InChI=1S/C8H16F2.C7H12O.C7H14O/c1-6(2)5-8(9,10)7(3)4;1-5(2)7(8)6-3-4-6;1-5(2)7(8)6(3)4/h6-7H,5H2,1-4H3;5-6H,3-4H2,1-2H3;5-6H,1-4H3. The van der Waals surface area contributed by atoms with Gasteiger partial charge >= 0.3 is 0 Å². The molecule has 0 unspecified atom stereocenters. The van der Waals surface area contributed by atoms with E-state index in [1.165, 1.54) is 0 Å². The van der Waals surface area contributed by atoms with E-state index in [4.69, 9.17) is 0 Å². The van der Waals surface area contributed by atoms with E-state index in [1.807, 2.05) is 55.4 Å². The zero-order valence-electron chi connectivity index (χ0n) is 18.7. The van der Waals surface area contributed by atoms with E-state index in [9.17, 15) is 18.4 Å². The lowest BCUT2D eigenvalue weighted by Crippen LogP contribution is -2.25. The number of ketones is 2. The molecule has 26 heavy (non-hydrogen) atoms. The van der Waals surface area contributed by atoms with E-state index in [0.717, 1.165) is 12.8 Å². The summed E-state index contributed by atoms with van der Waals surface area (Å²) in [6, 6.07) is 0. The minimum atomic E-state index is -2.48. The molecule has 1 rings (SSSR count). The van der Waals surface area contributed by atoms with E-state index in [0.29, 0.717) is 17.5 Å². The van der Waals surface area contributed by atoms with Crippen molar-refractivity contribution in [1.82, 2.24) is 0 Å². The Morgan fingerprint density at radius 2 is 1.19 bits per heavy atom. The summed E-state index contributed by atoms with van der Waals surface area (Å²) in [7, 11) is 0. The number of hydrogen-bond donors (Lipinski definition) is 0. The van der Waals surface area contributed by atoms with Gasteiger partial charge in [-0.2, -0.15) is 0 Å². The van der Waals surface area contributed by atoms with Crippen LogP contribution in [-0.4, -0.2) is 17.5 Å². The highest BCUT2D eigenvalue weighted by Gasteiger charge is 2.33. The van der Waals surface area contributed by atoms with Gasteiger partial charge in [0, 0.05) is 36.0 Å². The third kappa shape index (κ3) is 13.4. The second-order valence-corrected chi connectivity index (χ2v) is 9.06. The van der Waals surface area contributed by atoms with Crippen molar-refractivity contribution >= 4 is 11.6 Å². The second-order valence-electron chi connectivity index (χ2n) is 9.06. The second kappa shape index (κ2) is 12.6. The maximum absolute atomic E-state index is 12.8. The molecule has 0 aromatic rings. The van der Waals surface area contributed by atoms with Gasteiger partial charge in [0.15, 0.2) is 0 Å². The van der Waals surface area contributed by atoms with E-state index >= 15 is 0 Å². The summed E-state index contributed by atoms with van der Waals surface area (Å²) in [5.41, 5.74) is 0. The Balaban J connectivity index is 0. The summed E-state index contributed by atoms with van der Waals surface area (Å²) < 4.78 is 25.6. The molecular formula is C22H42F2O2. The quantitative estimate of drug-likeness (QED) is 0.489. The SMILES string of the molecule is CC(C)C(=O)C(C)C.CC(C)C(=O)C1CC1.CC(C)CC(F)(F)C(C)C. The third-order valence-electron chi connectivity index (χ3n) is 4.21. The molecule has 2 nitrogen and oxygen atoms in total. The largest absolute Gasteiger partial charge is 0.299 e. The lowest BCUT2D eigenvalue weighted by molar-refractivity contribution is -0.125. The van der Waals surface area contributed by atoms with Crippen molar-refractivity contribution in [3.05, 3.63) is 0 Å². The Kier molecular flexibility index (Phi) is 13.2. The summed E-state index contributed by atoms with van der Waals surface area (Å²) in [6.07, 6.45) is 2.30. The number of carbonyl (C=O) groups excluding carboxylic acids is 2. The van der Waals surface area contributed by atoms with Crippen molar-refractivity contribution in [2.75, 3.05) is 0 Å². The van der Waals surface area contributed by atoms with Crippen LogP contribution in [0.25, 0.3) is 0 Å². The van der Waals surface area contributed by atoms with Crippen LogP contribution in [0.1, 0.15) is 88.5 Å². The van der Waals surface area contributed by atoms with Crippen LogP contribution in [0, 0.1) is 35.5 Å². The molecule has 0 amide bonds. The molecule has 0 N–H and O–H groups in total. The first kappa shape index (κ1) is 27.4. The predicted molar refractivity (Wildman–Crippen MR) is 106 cm³/mol. The van der Waals surface area contributed by atoms with Crippen LogP contribution in [0.4, 0.5) is 8.78 Å². The van der Waals surface area contributed by atoms with Gasteiger partial charge in [0.25, 0.3) is 5.92 Å². The van der Waals surface area contributed by atoms with Gasteiger partial charge in [0.05, 0.1) is 0 Å². The fraction of sp³-hybridized carbons (Fsp3) is 0.909. The van der Waals surface area contributed by atoms with E-state index in [-0.39, 0.29) is 30.1 Å². The molecule has 0 aromatic carbocycles. The van der Waals surface area contributed by atoms with Crippen LogP contribution in [0.3, 0.4) is 0 Å². The highest BCUT2D eigenvalue weighted by atomic mass is 19.3. The number of hydrogen-bond acceptors (Lipinski definition) is 2. The molecule has 4 heteroatoms. The molecule has 0 aliphatic heterocycles. The summed E-state index contributed by atoms with van der Waals surface area (Å²) in [5.74, 6) is -0.987. The van der Waals surface area contributed by atoms with Crippen molar-refractivity contribution in [3.63, 3.8) is 0 Å². The number of rotatable bonds is 7. The van der Waals surface area contributed by atoms with Crippen molar-refractivity contribution in [2.45, 2.75) is 94.4 Å². The first-order valence-corrected chi connectivity index (χ1v) is 10.1. The number of carbonyl (C=O) groups is 2. The fourth-order valence-electron chi connectivity index (χ4n) is 2.29. The number of halogens is 2. The average Bonchev–Trinajstić information content (AvgIpc) is 3.29. The van der Waals surface area contributed by atoms with Crippen LogP contribution >= 0.6 is 0 Å². The number of alkyl halides is 2. The molecule has 0 spiro atoms. The van der Waals surface area contributed by atoms with Gasteiger partial charge in [0.2, 0.25) is 0 Å². The molecule has 156 valence electrons. The van der Waals surface area contributed by atoms with Crippen molar-refractivity contribution in [2.24, 2.45) is 35.5 Å². The van der Waals surface area contributed by atoms with Crippen LogP contribution in [0.5, 0.6) is 0 Å². The monoisotopic (exact) mass is 376 g/mol. The Morgan fingerprint density at radius 1 is 0.808 bits per heavy atom. The molecule has 0 heterocycles. The first-order chi connectivity index (χ1) is 11.6. The van der Waals surface area contributed by atoms with Crippen molar-refractivity contribution < 1.29 is 18.4 Å². The van der Waals surface area contributed by atoms with Gasteiger partial charge in [-0.15, -0.1) is 0 Å². The van der Waals surface area contributed by atoms with E-state index < -0.39 is 11.8 Å². The fourth-order valence-corrected chi connectivity index (χ4v) is 2.29. The molecule has 1 fully saturated rings. The van der Waals surface area contributed by atoms with Crippen LogP contribution < -0.4 is 0 Å². The Labute approximate surface area is 160 Å². The predicted octanol–water partition coefficient (Wildman–Crippen LogP) is 6.81. The topological polar surface area (TPSA) is 34.1 Å². The molecule has 1 saturated carbocycles. The van der Waals surface area contributed by atoms with Crippen molar-refractivity contribution in [3.8, 4) is 0 Å². The van der Waals surface area contributed by atoms with Gasteiger partial charge in [-0.05, 0) is 18.8 Å². The van der Waals surface area contributed by atoms with E-state index in [2.05, 4.69) is 0 Å². The maximum Gasteiger partial charge on any atom is 0.250 e. The van der Waals surface area contributed by atoms with Gasteiger partial charge in [-0.3, -0.25) is 9.59 Å². The highest BCUT2D eigenvalue weighted by Crippen LogP contribution is 2.32. The minimum absolute atomic E-state index is 0.00463. The van der Waals surface area contributed by atoms with E-state index in [1.54, 1.807) is 13.8 Å². The van der Waals surface area contributed by atoms with Gasteiger partial charge in [-0.25, -0.2) is 8.78 Å². The molecule has 1 aliphatic rings. The maximum atomic E-state index is 12.8. The zero-order valence-corrected chi connectivity index (χ0v) is 18.7.